The van der Waals surface area contributed by atoms with E-state index in [0.29, 0.717) is 17.9 Å². The number of nitrogens with two attached hydrogens (primary N) is 1. The zero-order chi connectivity index (χ0) is 26.2. The van der Waals surface area contributed by atoms with Gasteiger partial charge in [-0.15, -0.1) is 0 Å². The Morgan fingerprint density at radius 1 is 1.19 bits per heavy atom. The molecule has 2 amide bonds. The molecule has 2 aliphatic rings. The van der Waals surface area contributed by atoms with Crippen LogP contribution in [0.3, 0.4) is 0 Å². The molecule has 196 valence electrons. The van der Waals surface area contributed by atoms with Gasteiger partial charge in [0.15, 0.2) is 0 Å². The van der Waals surface area contributed by atoms with E-state index in [2.05, 4.69) is 22.1 Å². The highest BCUT2D eigenvalue weighted by atomic mass is 19.1. The van der Waals surface area contributed by atoms with Crippen LogP contribution >= 0.6 is 0 Å². The lowest BCUT2D eigenvalue weighted by Crippen LogP contribution is -2.46. The predicted molar refractivity (Wildman–Crippen MR) is 142 cm³/mol. The van der Waals surface area contributed by atoms with E-state index in [1.165, 1.54) is 17.9 Å². The molecule has 0 radical (unpaired) electrons. The summed E-state index contributed by atoms with van der Waals surface area (Å²) in [6.45, 7) is 6.57. The molecule has 2 aliphatic heterocycles. The molecule has 4 rings (SSSR count). The van der Waals surface area contributed by atoms with E-state index in [0.717, 1.165) is 56.7 Å². The first kappa shape index (κ1) is 26.5. The van der Waals surface area contributed by atoms with Gasteiger partial charge < -0.3 is 20.7 Å². The normalized spacial score (nSPS) is 17.8. The number of carbonyl (C=O) groups is 2. The molecule has 9 heteroatoms. The van der Waals surface area contributed by atoms with Gasteiger partial charge in [0.1, 0.15) is 11.9 Å². The number of rotatable bonds is 8. The van der Waals surface area contributed by atoms with Crippen LogP contribution < -0.4 is 20.9 Å². The van der Waals surface area contributed by atoms with Gasteiger partial charge >= 0.3 is 6.09 Å². The van der Waals surface area contributed by atoms with E-state index >= 15 is 4.39 Å². The summed E-state index contributed by atoms with van der Waals surface area (Å²) in [7, 11) is 0. The number of unbranched alkanes of at least 4 members (excludes halogenated alkanes) is 1. The number of nitrogens with one attached hydrogen (secondary N) is 1. The highest BCUT2D eigenvalue weighted by molar-refractivity contribution is 5.90. The van der Waals surface area contributed by atoms with Gasteiger partial charge in [0.25, 0.3) is 0 Å². The van der Waals surface area contributed by atoms with Crippen LogP contribution in [0.2, 0.25) is 0 Å². The molecule has 3 N–H and O–H groups in total. The Hall–Kier alpha value is -3.61. The van der Waals surface area contributed by atoms with Crippen molar-refractivity contribution in [2.75, 3.05) is 55.6 Å². The molecule has 0 spiro atoms. The highest BCUT2D eigenvalue weighted by Gasteiger charge is 2.33. The summed E-state index contributed by atoms with van der Waals surface area (Å²) in [5.41, 5.74) is 8.75. The van der Waals surface area contributed by atoms with E-state index in [-0.39, 0.29) is 24.8 Å². The standard InChI is InChI=1S/C28H34FN5O3/c1-21(35)31-19-25-20-34(28(36)37-25)24-9-10-27(26(29)17-24)33-14-12-32(13-15-33)11-4-2-3-6-22-7-5-8-23(16-22)18-30/h5,7-10,16-17,25H,2,4,11-15,18-20,30H2,1H3,(H,31,35)/t25-/m0/s1. The Morgan fingerprint density at radius 2 is 2.00 bits per heavy atom. The maximum atomic E-state index is 15.0. The number of hydrogen-bond acceptors (Lipinski definition) is 6. The van der Waals surface area contributed by atoms with Crippen molar-refractivity contribution in [2.24, 2.45) is 5.73 Å². The van der Waals surface area contributed by atoms with E-state index in [9.17, 15) is 9.59 Å². The Balaban J connectivity index is 1.23. The van der Waals surface area contributed by atoms with Crippen LogP contribution in [-0.2, 0) is 16.1 Å². The zero-order valence-electron chi connectivity index (χ0n) is 21.2. The molecule has 0 unspecified atom stereocenters. The minimum Gasteiger partial charge on any atom is -0.442 e. The Labute approximate surface area is 217 Å². The second-order valence-corrected chi connectivity index (χ2v) is 9.33. The summed E-state index contributed by atoms with van der Waals surface area (Å²) in [4.78, 5) is 29.2. The fraction of sp³-hybridized carbons (Fsp3) is 0.429. The number of piperazine rings is 1. The van der Waals surface area contributed by atoms with Gasteiger partial charge in [-0.25, -0.2) is 9.18 Å². The molecule has 0 bridgehead atoms. The van der Waals surface area contributed by atoms with Crippen LogP contribution in [0.1, 0.15) is 30.9 Å². The molecular formula is C28H34FN5O3. The van der Waals surface area contributed by atoms with Crippen LogP contribution in [0, 0.1) is 17.7 Å². The number of nitrogens with zero attached hydrogens (tertiary/aromatic N) is 3. The topological polar surface area (TPSA) is 91.1 Å². The number of carbonyl (C=O) groups excluding carboxylic acids is 2. The molecule has 0 aliphatic carbocycles. The molecule has 2 saturated heterocycles. The molecule has 2 aromatic rings. The molecule has 37 heavy (non-hydrogen) atoms. The van der Waals surface area contributed by atoms with Crippen LogP contribution in [0.4, 0.5) is 20.6 Å². The van der Waals surface area contributed by atoms with E-state index in [4.69, 9.17) is 10.5 Å². The van der Waals surface area contributed by atoms with Gasteiger partial charge in [-0.05, 0) is 48.9 Å². The first-order chi connectivity index (χ1) is 17.9. The van der Waals surface area contributed by atoms with E-state index in [1.54, 1.807) is 12.1 Å². The maximum absolute atomic E-state index is 15.0. The minimum atomic E-state index is -0.537. The summed E-state index contributed by atoms with van der Waals surface area (Å²) in [6, 6.07) is 12.9. The third-order valence-electron chi connectivity index (χ3n) is 6.58. The lowest BCUT2D eigenvalue weighted by atomic mass is 10.1. The molecular weight excluding hydrogens is 473 g/mol. The molecule has 0 saturated carbocycles. The lowest BCUT2D eigenvalue weighted by molar-refractivity contribution is -0.119. The predicted octanol–water partition coefficient (Wildman–Crippen LogP) is 2.70. The van der Waals surface area contributed by atoms with Crippen molar-refractivity contribution in [3.63, 3.8) is 0 Å². The van der Waals surface area contributed by atoms with Crippen molar-refractivity contribution in [3.05, 3.63) is 59.4 Å². The van der Waals surface area contributed by atoms with E-state index in [1.807, 2.05) is 29.2 Å². The highest BCUT2D eigenvalue weighted by Crippen LogP contribution is 2.28. The number of hydrogen-bond donors (Lipinski definition) is 2. The molecule has 1 atom stereocenters. The fourth-order valence-corrected chi connectivity index (χ4v) is 4.56. The molecule has 2 aromatic carbocycles. The summed E-state index contributed by atoms with van der Waals surface area (Å²) in [5, 5.41) is 2.64. The first-order valence-electron chi connectivity index (χ1n) is 12.7. The average Bonchev–Trinajstić information content (AvgIpc) is 3.28. The monoisotopic (exact) mass is 507 g/mol. The fourth-order valence-electron chi connectivity index (χ4n) is 4.56. The lowest BCUT2D eigenvalue weighted by Gasteiger charge is -2.36. The van der Waals surface area contributed by atoms with Crippen molar-refractivity contribution < 1.29 is 18.7 Å². The number of halogens is 1. The number of ether oxygens (including phenoxy) is 1. The SMILES string of the molecule is CC(=O)NC[C@H]1CN(c2ccc(N3CCN(CCCC#Cc4cccc(CN)c4)CC3)c(F)c2)C(=O)O1. The van der Waals surface area contributed by atoms with Crippen LogP contribution in [0.15, 0.2) is 42.5 Å². The average molecular weight is 508 g/mol. The van der Waals surface area contributed by atoms with Crippen molar-refractivity contribution in [1.82, 2.24) is 10.2 Å². The largest absolute Gasteiger partial charge is 0.442 e. The minimum absolute atomic E-state index is 0.191. The summed E-state index contributed by atoms with van der Waals surface area (Å²) >= 11 is 0. The van der Waals surface area contributed by atoms with Gasteiger partial charge in [-0.2, -0.15) is 0 Å². The second-order valence-electron chi connectivity index (χ2n) is 9.33. The smallest absolute Gasteiger partial charge is 0.414 e. The van der Waals surface area contributed by atoms with Gasteiger partial charge in [0.2, 0.25) is 5.91 Å². The first-order valence-corrected chi connectivity index (χ1v) is 12.7. The van der Waals surface area contributed by atoms with Gasteiger partial charge in [-0.1, -0.05) is 24.0 Å². The summed E-state index contributed by atoms with van der Waals surface area (Å²) in [5.74, 6) is 5.90. The van der Waals surface area contributed by atoms with Crippen LogP contribution in [0.5, 0.6) is 0 Å². The molecule has 2 heterocycles. The zero-order valence-corrected chi connectivity index (χ0v) is 21.2. The summed E-state index contributed by atoms with van der Waals surface area (Å²) in [6.07, 6.45) is 0.820. The third kappa shape index (κ3) is 7.21. The number of anilines is 2. The number of amides is 2. The van der Waals surface area contributed by atoms with Gasteiger partial charge in [-0.3, -0.25) is 14.6 Å². The van der Waals surface area contributed by atoms with Crippen LogP contribution in [-0.4, -0.2) is 68.8 Å². The Bertz CT molecular complexity index is 1170. The number of cyclic esters (lactones) is 1. The Morgan fingerprint density at radius 3 is 2.73 bits per heavy atom. The molecule has 2 fully saturated rings. The van der Waals surface area contributed by atoms with Crippen molar-refractivity contribution in [2.45, 2.75) is 32.4 Å². The number of benzene rings is 2. The summed E-state index contributed by atoms with van der Waals surface area (Å²) < 4.78 is 20.3. The molecule has 8 nitrogen and oxygen atoms in total. The van der Waals surface area contributed by atoms with Crippen molar-refractivity contribution >= 4 is 23.4 Å². The van der Waals surface area contributed by atoms with Gasteiger partial charge in [0.05, 0.1) is 24.5 Å². The van der Waals surface area contributed by atoms with Crippen LogP contribution in [0.25, 0.3) is 0 Å². The van der Waals surface area contributed by atoms with Gasteiger partial charge in [0, 0.05) is 51.6 Å². The third-order valence-corrected chi connectivity index (χ3v) is 6.58. The van der Waals surface area contributed by atoms with Crippen molar-refractivity contribution in [1.29, 1.82) is 0 Å². The Kier molecular flexibility index (Phi) is 8.99. The van der Waals surface area contributed by atoms with E-state index < -0.39 is 12.2 Å². The second kappa shape index (κ2) is 12.6. The quantitative estimate of drug-likeness (QED) is 0.422. The molecule has 0 aromatic heterocycles. The maximum Gasteiger partial charge on any atom is 0.414 e. The van der Waals surface area contributed by atoms with Crippen molar-refractivity contribution in [3.8, 4) is 11.8 Å².